The fourth-order valence-electron chi connectivity index (χ4n) is 1.70. The SMILES string of the molecule is O=C(Nc1ccc(CO)cc1)C1CCCO1. The molecule has 1 saturated heterocycles. The quantitative estimate of drug-likeness (QED) is 0.808. The predicted octanol–water partition coefficient (Wildman–Crippen LogP) is 1.30. The Bertz CT molecular complexity index is 355. The maximum atomic E-state index is 11.7. The molecule has 1 fully saturated rings. The average molecular weight is 221 g/mol. The van der Waals surface area contributed by atoms with E-state index in [0.717, 1.165) is 24.1 Å². The van der Waals surface area contributed by atoms with Gasteiger partial charge in [-0.05, 0) is 30.5 Å². The van der Waals surface area contributed by atoms with Crippen molar-refractivity contribution in [1.29, 1.82) is 0 Å². The van der Waals surface area contributed by atoms with Gasteiger partial charge in [0.05, 0.1) is 6.61 Å². The maximum Gasteiger partial charge on any atom is 0.253 e. The molecule has 1 aliphatic heterocycles. The lowest BCUT2D eigenvalue weighted by Gasteiger charge is -2.10. The van der Waals surface area contributed by atoms with E-state index in [1.54, 1.807) is 24.3 Å². The first-order chi connectivity index (χ1) is 7.79. The average Bonchev–Trinajstić information content (AvgIpc) is 2.83. The molecule has 1 atom stereocenters. The maximum absolute atomic E-state index is 11.7. The Morgan fingerprint density at radius 2 is 2.19 bits per heavy atom. The number of carbonyl (C=O) groups is 1. The van der Waals surface area contributed by atoms with E-state index in [-0.39, 0.29) is 18.6 Å². The highest BCUT2D eigenvalue weighted by atomic mass is 16.5. The van der Waals surface area contributed by atoms with E-state index in [9.17, 15) is 4.79 Å². The Hall–Kier alpha value is -1.39. The Labute approximate surface area is 94.2 Å². The zero-order chi connectivity index (χ0) is 11.4. The Balaban J connectivity index is 1.94. The van der Waals surface area contributed by atoms with E-state index >= 15 is 0 Å². The number of benzene rings is 1. The van der Waals surface area contributed by atoms with Crippen LogP contribution in [0.3, 0.4) is 0 Å². The molecule has 1 aromatic rings. The summed E-state index contributed by atoms with van der Waals surface area (Å²) in [6.45, 7) is 0.682. The van der Waals surface area contributed by atoms with Crippen LogP contribution in [0.15, 0.2) is 24.3 Å². The first kappa shape index (κ1) is 11.1. The van der Waals surface area contributed by atoms with Crippen LogP contribution in [0, 0.1) is 0 Å². The smallest absolute Gasteiger partial charge is 0.253 e. The minimum atomic E-state index is -0.308. The summed E-state index contributed by atoms with van der Waals surface area (Å²) in [6.07, 6.45) is 1.43. The summed E-state index contributed by atoms with van der Waals surface area (Å²) in [5.74, 6) is -0.0887. The third kappa shape index (κ3) is 2.59. The fourth-order valence-corrected chi connectivity index (χ4v) is 1.70. The molecular formula is C12H15NO3. The molecule has 0 spiro atoms. The molecule has 0 saturated carbocycles. The standard InChI is InChI=1S/C12H15NO3/c14-8-9-3-5-10(6-4-9)13-12(15)11-2-1-7-16-11/h3-6,11,14H,1-2,7-8H2,(H,13,15). The molecule has 4 nitrogen and oxygen atoms in total. The fraction of sp³-hybridized carbons (Fsp3) is 0.417. The van der Waals surface area contributed by atoms with Crippen LogP contribution in [0.1, 0.15) is 18.4 Å². The zero-order valence-electron chi connectivity index (χ0n) is 8.98. The summed E-state index contributed by atoms with van der Waals surface area (Å²) in [5.41, 5.74) is 1.56. The molecule has 0 bridgehead atoms. The van der Waals surface area contributed by atoms with Crippen molar-refractivity contribution in [2.75, 3.05) is 11.9 Å². The van der Waals surface area contributed by atoms with Crippen molar-refractivity contribution >= 4 is 11.6 Å². The number of aliphatic hydroxyl groups is 1. The van der Waals surface area contributed by atoms with Crippen molar-refractivity contribution in [1.82, 2.24) is 0 Å². The van der Waals surface area contributed by atoms with Crippen molar-refractivity contribution < 1.29 is 14.6 Å². The second kappa shape index (κ2) is 5.09. The van der Waals surface area contributed by atoms with Crippen LogP contribution >= 0.6 is 0 Å². The molecule has 1 aliphatic rings. The van der Waals surface area contributed by atoms with Crippen molar-refractivity contribution in [3.05, 3.63) is 29.8 Å². The van der Waals surface area contributed by atoms with E-state index in [0.29, 0.717) is 6.61 Å². The molecule has 2 rings (SSSR count). The lowest BCUT2D eigenvalue weighted by molar-refractivity contribution is -0.124. The van der Waals surface area contributed by atoms with Crippen LogP contribution in [0.25, 0.3) is 0 Å². The largest absolute Gasteiger partial charge is 0.392 e. The van der Waals surface area contributed by atoms with Crippen LogP contribution in [0.2, 0.25) is 0 Å². The van der Waals surface area contributed by atoms with Gasteiger partial charge in [-0.25, -0.2) is 0 Å². The highest BCUT2D eigenvalue weighted by Crippen LogP contribution is 2.15. The summed E-state index contributed by atoms with van der Waals surface area (Å²) in [7, 11) is 0. The third-order valence-corrected chi connectivity index (χ3v) is 2.63. The second-order valence-corrected chi connectivity index (χ2v) is 3.85. The second-order valence-electron chi connectivity index (χ2n) is 3.85. The van der Waals surface area contributed by atoms with Gasteiger partial charge in [-0.2, -0.15) is 0 Å². The number of aliphatic hydroxyl groups excluding tert-OH is 1. The number of rotatable bonds is 3. The van der Waals surface area contributed by atoms with E-state index in [1.165, 1.54) is 0 Å². The zero-order valence-corrected chi connectivity index (χ0v) is 8.98. The molecule has 0 aromatic heterocycles. The van der Waals surface area contributed by atoms with E-state index in [1.807, 2.05) is 0 Å². The lowest BCUT2D eigenvalue weighted by atomic mass is 10.2. The molecule has 86 valence electrons. The molecular weight excluding hydrogens is 206 g/mol. The third-order valence-electron chi connectivity index (χ3n) is 2.63. The van der Waals surface area contributed by atoms with Gasteiger partial charge in [-0.15, -0.1) is 0 Å². The van der Waals surface area contributed by atoms with Gasteiger partial charge in [0, 0.05) is 12.3 Å². The highest BCUT2D eigenvalue weighted by molar-refractivity contribution is 5.94. The first-order valence-electron chi connectivity index (χ1n) is 5.42. The molecule has 1 heterocycles. The number of hydrogen-bond acceptors (Lipinski definition) is 3. The van der Waals surface area contributed by atoms with Gasteiger partial charge < -0.3 is 15.2 Å². The van der Waals surface area contributed by atoms with Gasteiger partial charge in [0.2, 0.25) is 0 Å². The summed E-state index contributed by atoms with van der Waals surface area (Å²) < 4.78 is 5.28. The molecule has 1 amide bonds. The van der Waals surface area contributed by atoms with Gasteiger partial charge in [0.15, 0.2) is 0 Å². The summed E-state index contributed by atoms with van der Waals surface area (Å²) >= 11 is 0. The summed E-state index contributed by atoms with van der Waals surface area (Å²) in [4.78, 5) is 11.7. The Kier molecular flexibility index (Phi) is 3.54. The normalized spacial score (nSPS) is 19.7. The summed E-state index contributed by atoms with van der Waals surface area (Å²) in [6, 6.07) is 7.12. The number of amides is 1. The van der Waals surface area contributed by atoms with Crippen LogP contribution in [0.5, 0.6) is 0 Å². The van der Waals surface area contributed by atoms with Crippen molar-refractivity contribution in [2.24, 2.45) is 0 Å². The van der Waals surface area contributed by atoms with Crippen molar-refractivity contribution in [3.63, 3.8) is 0 Å². The number of hydrogen-bond donors (Lipinski definition) is 2. The Morgan fingerprint density at radius 1 is 1.44 bits per heavy atom. The molecule has 0 aliphatic carbocycles. The highest BCUT2D eigenvalue weighted by Gasteiger charge is 2.23. The Morgan fingerprint density at radius 3 is 2.75 bits per heavy atom. The van der Waals surface area contributed by atoms with Gasteiger partial charge in [0.25, 0.3) is 5.91 Å². The van der Waals surface area contributed by atoms with Crippen molar-refractivity contribution in [3.8, 4) is 0 Å². The van der Waals surface area contributed by atoms with Gasteiger partial charge >= 0.3 is 0 Å². The van der Waals surface area contributed by atoms with Gasteiger partial charge in [-0.1, -0.05) is 12.1 Å². The van der Waals surface area contributed by atoms with Gasteiger partial charge in [0.1, 0.15) is 6.10 Å². The molecule has 2 N–H and O–H groups in total. The van der Waals surface area contributed by atoms with Crippen LogP contribution < -0.4 is 5.32 Å². The number of nitrogens with one attached hydrogen (secondary N) is 1. The first-order valence-corrected chi connectivity index (χ1v) is 5.42. The van der Waals surface area contributed by atoms with Gasteiger partial charge in [-0.3, -0.25) is 4.79 Å². The summed E-state index contributed by atoms with van der Waals surface area (Å²) in [5, 5.41) is 11.7. The predicted molar refractivity (Wildman–Crippen MR) is 60.0 cm³/mol. The molecule has 16 heavy (non-hydrogen) atoms. The number of carbonyl (C=O) groups excluding carboxylic acids is 1. The van der Waals surface area contributed by atoms with E-state index in [4.69, 9.17) is 9.84 Å². The monoisotopic (exact) mass is 221 g/mol. The van der Waals surface area contributed by atoms with Crippen LogP contribution in [-0.4, -0.2) is 23.7 Å². The van der Waals surface area contributed by atoms with E-state index < -0.39 is 0 Å². The van der Waals surface area contributed by atoms with E-state index in [2.05, 4.69) is 5.32 Å². The van der Waals surface area contributed by atoms with Crippen LogP contribution in [0.4, 0.5) is 5.69 Å². The van der Waals surface area contributed by atoms with Crippen molar-refractivity contribution in [2.45, 2.75) is 25.6 Å². The lowest BCUT2D eigenvalue weighted by Crippen LogP contribution is -2.26. The van der Waals surface area contributed by atoms with Crippen LogP contribution in [-0.2, 0) is 16.1 Å². The minimum absolute atomic E-state index is 0.0139. The molecule has 1 unspecified atom stereocenters. The number of anilines is 1. The molecule has 0 radical (unpaired) electrons. The molecule has 1 aromatic carbocycles. The number of ether oxygens (including phenoxy) is 1. The minimum Gasteiger partial charge on any atom is -0.392 e. The molecule has 4 heteroatoms. The topological polar surface area (TPSA) is 58.6 Å².